The van der Waals surface area contributed by atoms with E-state index in [9.17, 15) is 0 Å². The average molecular weight is 435 g/mol. The van der Waals surface area contributed by atoms with Gasteiger partial charge in [0.05, 0.1) is 35.0 Å². The van der Waals surface area contributed by atoms with Gasteiger partial charge in [-0.25, -0.2) is 9.97 Å². The number of fused-ring (bicyclic) bond motifs is 2. The number of rotatable bonds is 7. The Morgan fingerprint density at radius 3 is 2.90 bits per heavy atom. The minimum absolute atomic E-state index is 0.431. The molecule has 9 heteroatoms. The summed E-state index contributed by atoms with van der Waals surface area (Å²) in [5, 5.41) is 3.81. The molecule has 31 heavy (non-hydrogen) atoms. The number of benzene rings is 1. The van der Waals surface area contributed by atoms with Crippen LogP contribution < -0.4 is 10.1 Å². The van der Waals surface area contributed by atoms with Gasteiger partial charge < -0.3 is 24.3 Å². The number of pyridine rings is 2. The van der Waals surface area contributed by atoms with Crippen LogP contribution in [0.2, 0.25) is 5.15 Å². The second-order valence-electron chi connectivity index (χ2n) is 6.88. The molecule has 156 valence electrons. The minimum atomic E-state index is 0.431. The third kappa shape index (κ3) is 3.90. The molecule has 0 unspecified atom stereocenters. The molecule has 1 aromatic carbocycles. The van der Waals surface area contributed by atoms with Crippen molar-refractivity contribution in [2.24, 2.45) is 0 Å². The van der Waals surface area contributed by atoms with Crippen LogP contribution in [0, 0.1) is 0 Å². The molecule has 0 aliphatic carbocycles. The standard InChI is InChI=1S/C22H19ClN6O2/c1-30-10-9-29-19-6-4-14(31-15-3-2-8-24-12-15)11-17(19)26-22(29)27-18-13-25-16-5-7-20(23)28-21(16)18/h2-8,11-13,25H,9-10H2,1H3,(H,26,27). The number of aromatic nitrogens is 5. The fourth-order valence-electron chi connectivity index (χ4n) is 3.41. The van der Waals surface area contributed by atoms with Gasteiger partial charge in [-0.2, -0.15) is 0 Å². The Hall–Kier alpha value is -3.62. The van der Waals surface area contributed by atoms with E-state index in [0.717, 1.165) is 27.8 Å². The largest absolute Gasteiger partial charge is 0.456 e. The van der Waals surface area contributed by atoms with Crippen LogP contribution in [0.25, 0.3) is 22.1 Å². The molecule has 4 heterocycles. The molecule has 0 fully saturated rings. The number of anilines is 2. The highest BCUT2D eigenvalue weighted by Gasteiger charge is 2.15. The fourth-order valence-corrected chi connectivity index (χ4v) is 3.56. The summed E-state index contributed by atoms with van der Waals surface area (Å²) in [6.45, 7) is 1.18. The third-order valence-corrected chi connectivity index (χ3v) is 5.05. The Morgan fingerprint density at radius 1 is 1.13 bits per heavy atom. The highest BCUT2D eigenvalue weighted by atomic mass is 35.5. The van der Waals surface area contributed by atoms with Gasteiger partial charge in [-0.05, 0) is 36.4 Å². The minimum Gasteiger partial charge on any atom is -0.456 e. The zero-order chi connectivity index (χ0) is 21.2. The predicted octanol–water partition coefficient (Wildman–Crippen LogP) is 5.14. The summed E-state index contributed by atoms with van der Waals surface area (Å²) >= 11 is 6.09. The SMILES string of the molecule is COCCn1c(Nc2c[nH]c3ccc(Cl)nc23)nc2cc(Oc3cccnc3)ccc21. The van der Waals surface area contributed by atoms with Crippen LogP contribution in [0.15, 0.2) is 61.1 Å². The number of hydrogen-bond donors (Lipinski definition) is 2. The molecule has 8 nitrogen and oxygen atoms in total. The van der Waals surface area contributed by atoms with E-state index >= 15 is 0 Å². The van der Waals surface area contributed by atoms with Crippen molar-refractivity contribution in [1.29, 1.82) is 0 Å². The number of hydrogen-bond acceptors (Lipinski definition) is 6. The Bertz CT molecular complexity index is 1350. The van der Waals surface area contributed by atoms with Crippen LogP contribution in [0.5, 0.6) is 11.5 Å². The molecule has 0 atom stereocenters. The van der Waals surface area contributed by atoms with E-state index in [0.29, 0.717) is 35.8 Å². The third-order valence-electron chi connectivity index (χ3n) is 4.84. The number of methoxy groups -OCH3 is 1. The molecular weight excluding hydrogens is 416 g/mol. The average Bonchev–Trinajstić information content (AvgIpc) is 3.33. The lowest BCUT2D eigenvalue weighted by molar-refractivity contribution is 0.189. The predicted molar refractivity (Wildman–Crippen MR) is 120 cm³/mol. The summed E-state index contributed by atoms with van der Waals surface area (Å²) < 4.78 is 13.3. The second-order valence-corrected chi connectivity index (χ2v) is 7.27. The van der Waals surface area contributed by atoms with E-state index < -0.39 is 0 Å². The molecule has 0 amide bonds. The van der Waals surface area contributed by atoms with Crippen molar-refractivity contribution in [3.8, 4) is 11.5 Å². The number of aromatic amines is 1. The van der Waals surface area contributed by atoms with Gasteiger partial charge in [0.2, 0.25) is 5.95 Å². The topological polar surface area (TPSA) is 89.9 Å². The Morgan fingerprint density at radius 2 is 2.06 bits per heavy atom. The molecule has 0 saturated heterocycles. The normalized spacial score (nSPS) is 11.3. The fraction of sp³-hybridized carbons (Fsp3) is 0.136. The molecular formula is C22H19ClN6O2. The lowest BCUT2D eigenvalue weighted by atomic mass is 10.3. The van der Waals surface area contributed by atoms with Gasteiger partial charge in [0.1, 0.15) is 22.2 Å². The Kier molecular flexibility index (Phi) is 5.15. The van der Waals surface area contributed by atoms with E-state index in [-0.39, 0.29) is 0 Å². The maximum Gasteiger partial charge on any atom is 0.208 e. The van der Waals surface area contributed by atoms with Crippen molar-refractivity contribution in [2.75, 3.05) is 19.0 Å². The molecule has 0 bridgehead atoms. The van der Waals surface area contributed by atoms with Gasteiger partial charge >= 0.3 is 0 Å². The van der Waals surface area contributed by atoms with Crippen molar-refractivity contribution < 1.29 is 9.47 Å². The second kappa shape index (κ2) is 8.25. The van der Waals surface area contributed by atoms with Gasteiger partial charge in [-0.1, -0.05) is 11.6 Å². The van der Waals surface area contributed by atoms with E-state index in [1.165, 1.54) is 0 Å². The Labute approximate surface area is 182 Å². The first-order valence-corrected chi connectivity index (χ1v) is 10.1. The summed E-state index contributed by atoms with van der Waals surface area (Å²) in [7, 11) is 1.68. The number of nitrogens with zero attached hydrogens (tertiary/aromatic N) is 4. The molecule has 2 N–H and O–H groups in total. The maximum absolute atomic E-state index is 6.09. The van der Waals surface area contributed by atoms with Crippen molar-refractivity contribution in [3.05, 3.63) is 66.2 Å². The van der Waals surface area contributed by atoms with Crippen LogP contribution in [0.3, 0.4) is 0 Å². The highest BCUT2D eigenvalue weighted by Crippen LogP contribution is 2.30. The summed E-state index contributed by atoms with van der Waals surface area (Å²) in [5.41, 5.74) is 4.19. The highest BCUT2D eigenvalue weighted by molar-refractivity contribution is 6.29. The lowest BCUT2D eigenvalue weighted by Gasteiger charge is -2.10. The van der Waals surface area contributed by atoms with Crippen LogP contribution in [-0.2, 0) is 11.3 Å². The first-order valence-electron chi connectivity index (χ1n) is 9.69. The van der Waals surface area contributed by atoms with Crippen molar-refractivity contribution in [2.45, 2.75) is 6.54 Å². The summed E-state index contributed by atoms with van der Waals surface area (Å²) in [6.07, 6.45) is 5.23. The smallest absolute Gasteiger partial charge is 0.208 e. The summed E-state index contributed by atoms with van der Waals surface area (Å²) in [4.78, 5) is 16.5. The first-order chi connectivity index (χ1) is 15.2. The molecule has 0 saturated carbocycles. The van der Waals surface area contributed by atoms with E-state index in [2.05, 4.69) is 24.8 Å². The molecule has 0 aliphatic rings. The van der Waals surface area contributed by atoms with Crippen molar-refractivity contribution >= 4 is 45.3 Å². The molecule has 0 spiro atoms. The van der Waals surface area contributed by atoms with E-state index in [4.69, 9.17) is 26.1 Å². The lowest BCUT2D eigenvalue weighted by Crippen LogP contribution is -2.08. The van der Waals surface area contributed by atoms with Crippen LogP contribution >= 0.6 is 11.6 Å². The van der Waals surface area contributed by atoms with Gasteiger partial charge in [-0.15, -0.1) is 0 Å². The molecule has 0 radical (unpaired) electrons. The maximum atomic E-state index is 6.09. The molecule has 5 rings (SSSR count). The number of imidazole rings is 1. The van der Waals surface area contributed by atoms with Crippen LogP contribution in [0.1, 0.15) is 0 Å². The quantitative estimate of drug-likeness (QED) is 0.344. The molecule has 4 aromatic heterocycles. The van der Waals surface area contributed by atoms with Crippen molar-refractivity contribution in [3.63, 3.8) is 0 Å². The zero-order valence-electron chi connectivity index (χ0n) is 16.7. The number of nitrogens with one attached hydrogen (secondary N) is 2. The number of halogens is 1. The summed E-state index contributed by atoms with van der Waals surface area (Å²) in [6, 6.07) is 13.1. The van der Waals surface area contributed by atoms with Crippen LogP contribution in [-0.4, -0.2) is 38.2 Å². The monoisotopic (exact) mass is 434 g/mol. The Balaban J connectivity index is 1.53. The molecule has 0 aliphatic heterocycles. The van der Waals surface area contributed by atoms with Gasteiger partial charge in [0.25, 0.3) is 0 Å². The number of H-pyrrole nitrogens is 1. The van der Waals surface area contributed by atoms with E-state index in [1.807, 2.05) is 42.6 Å². The van der Waals surface area contributed by atoms with Crippen LogP contribution in [0.4, 0.5) is 11.6 Å². The number of ether oxygens (including phenoxy) is 2. The van der Waals surface area contributed by atoms with Crippen molar-refractivity contribution in [1.82, 2.24) is 24.5 Å². The van der Waals surface area contributed by atoms with Gasteiger partial charge in [0.15, 0.2) is 0 Å². The first kappa shape index (κ1) is 19.3. The molecule has 5 aromatic rings. The zero-order valence-corrected chi connectivity index (χ0v) is 17.4. The van der Waals surface area contributed by atoms with Gasteiger partial charge in [-0.3, -0.25) is 4.98 Å². The summed E-state index contributed by atoms with van der Waals surface area (Å²) in [5.74, 6) is 2.03. The van der Waals surface area contributed by atoms with Gasteiger partial charge in [0, 0.05) is 32.1 Å². The van der Waals surface area contributed by atoms with E-state index in [1.54, 1.807) is 25.6 Å².